The summed E-state index contributed by atoms with van der Waals surface area (Å²) in [6, 6.07) is 71.6. The van der Waals surface area contributed by atoms with Crippen LogP contribution in [0.5, 0.6) is 0 Å². The molecule has 4 aliphatic rings. The lowest BCUT2D eigenvalue weighted by atomic mass is 10.0. The summed E-state index contributed by atoms with van der Waals surface area (Å²) in [4.78, 5) is 29.8. The van der Waals surface area contributed by atoms with E-state index >= 15 is 0 Å². The van der Waals surface area contributed by atoms with Gasteiger partial charge in [-0.3, -0.25) is 0 Å². The summed E-state index contributed by atoms with van der Waals surface area (Å²) in [5.74, 6) is 0. The van der Waals surface area contributed by atoms with E-state index in [-0.39, 0.29) is 0 Å². The smallest absolute Gasteiger partial charge is 0.0738 e. The van der Waals surface area contributed by atoms with Gasteiger partial charge in [0.05, 0.1) is 45.6 Å². The number of hydrogen-bond acceptors (Lipinski definition) is 4. The first kappa shape index (κ1) is 42.3. The maximum Gasteiger partial charge on any atom is 0.0738 e. The molecule has 4 aliphatic heterocycles. The van der Waals surface area contributed by atoms with E-state index in [0.717, 1.165) is 134 Å². The maximum absolute atomic E-state index is 5.52. The lowest BCUT2D eigenvalue weighted by molar-refractivity contribution is 1.26. The summed E-state index contributed by atoms with van der Waals surface area (Å²) in [7, 11) is 0. The van der Waals surface area contributed by atoms with Gasteiger partial charge < -0.3 is 9.97 Å². The molecule has 0 unspecified atom stereocenters. The molecule has 0 saturated carbocycles. The molecule has 0 radical (unpaired) electrons. The van der Waals surface area contributed by atoms with Crippen molar-refractivity contribution < 1.29 is 0 Å². The lowest BCUT2D eigenvalue weighted by Crippen LogP contribution is -1.92. The third-order valence-electron chi connectivity index (χ3n) is 13.4. The number of benzene rings is 6. The molecule has 0 fully saturated rings. The zero-order chi connectivity index (χ0) is 47.8. The fraction of sp³-hybridized carbons (Fsp3) is 0. The van der Waals surface area contributed by atoms with E-state index in [9.17, 15) is 0 Å². The maximum atomic E-state index is 5.52. The van der Waals surface area contributed by atoms with E-state index < -0.39 is 0 Å². The van der Waals surface area contributed by atoms with E-state index in [1.807, 2.05) is 12.1 Å². The van der Waals surface area contributed by atoms with Crippen LogP contribution in [0.15, 0.2) is 206 Å². The highest BCUT2D eigenvalue weighted by atomic mass is 14.8. The molecule has 2 N–H and O–H groups in total. The topological polar surface area (TPSA) is 83.1 Å². The number of fused-ring (bicyclic) bond motifs is 12. The Bertz CT molecular complexity index is 3780. The van der Waals surface area contributed by atoms with Crippen molar-refractivity contribution >= 4 is 70.7 Å². The van der Waals surface area contributed by atoms with Crippen LogP contribution in [-0.4, -0.2) is 29.9 Å². The Morgan fingerprint density at radius 3 is 0.542 bits per heavy atom. The second kappa shape index (κ2) is 18.3. The predicted octanol–water partition coefficient (Wildman–Crippen LogP) is 16.7. The standard InChI is InChI=1S/C66H44N6/c1-7-19-43(20-8-1)61-49-31-33-51(67-49)62(44-21-9-2-10-22-44)53-35-37-55(69-53)64(46-25-13-4-14-26-46)57-39-41-59(71-57)66(48-29-17-6-18-30-48)60-42-40-58(72-60)65(47-27-15-5-16-28-47)56-38-36-54(70-56)63(45-23-11-3-12-24-45)52-34-32-50(61)68-52/h1-42,67,70H. The number of hydrogen-bond donors (Lipinski definition) is 2. The van der Waals surface area contributed by atoms with Crippen molar-refractivity contribution in [1.82, 2.24) is 29.9 Å². The average Bonchev–Trinajstić information content (AvgIpc) is 4.32. The average molecular weight is 921 g/mol. The van der Waals surface area contributed by atoms with Gasteiger partial charge in [-0.1, -0.05) is 182 Å². The van der Waals surface area contributed by atoms with Crippen molar-refractivity contribution in [3.05, 3.63) is 252 Å². The van der Waals surface area contributed by atoms with E-state index in [2.05, 4.69) is 253 Å². The van der Waals surface area contributed by atoms with Gasteiger partial charge in [-0.15, -0.1) is 0 Å². The van der Waals surface area contributed by atoms with Crippen LogP contribution in [0.2, 0.25) is 0 Å². The number of H-pyrrole nitrogens is 2. The van der Waals surface area contributed by atoms with Gasteiger partial charge in [0.2, 0.25) is 0 Å². The summed E-state index contributed by atoms with van der Waals surface area (Å²) in [5.41, 5.74) is 22.6. The first-order chi connectivity index (χ1) is 35.7. The third-order valence-corrected chi connectivity index (χ3v) is 13.4. The van der Waals surface area contributed by atoms with Crippen LogP contribution in [-0.2, 0) is 0 Å². The molecular weight excluding hydrogens is 877 g/mol. The van der Waals surface area contributed by atoms with Crippen LogP contribution in [0.3, 0.4) is 0 Å². The summed E-state index contributed by atoms with van der Waals surface area (Å²) < 4.78 is 0. The fourth-order valence-electron chi connectivity index (χ4n) is 10.2. The molecule has 338 valence electrons. The van der Waals surface area contributed by atoms with Gasteiger partial charge in [0.25, 0.3) is 0 Å². The van der Waals surface area contributed by atoms with Gasteiger partial charge in [-0.25, -0.2) is 19.9 Å². The van der Waals surface area contributed by atoms with E-state index in [1.54, 1.807) is 0 Å². The molecule has 0 atom stereocenters. The van der Waals surface area contributed by atoms with Crippen LogP contribution in [0.25, 0.3) is 137 Å². The molecule has 9 aromatic rings. The van der Waals surface area contributed by atoms with Gasteiger partial charge >= 0.3 is 0 Å². The van der Waals surface area contributed by atoms with Crippen LogP contribution >= 0.6 is 0 Å². The van der Waals surface area contributed by atoms with Crippen LogP contribution in [0.1, 0.15) is 45.6 Å². The molecule has 7 heterocycles. The van der Waals surface area contributed by atoms with Crippen molar-refractivity contribution in [2.24, 2.45) is 0 Å². The molecule has 6 aromatic carbocycles. The van der Waals surface area contributed by atoms with E-state index in [1.165, 1.54) is 0 Å². The monoisotopic (exact) mass is 920 g/mol. The number of aromatic nitrogens is 6. The Balaban J connectivity index is 1.20. The van der Waals surface area contributed by atoms with Crippen LogP contribution in [0, 0.1) is 0 Å². The number of rotatable bonds is 6. The number of nitrogens with zero attached hydrogens (tertiary/aromatic N) is 4. The normalized spacial score (nSPS) is 12.2. The molecule has 0 saturated heterocycles. The van der Waals surface area contributed by atoms with E-state index in [4.69, 9.17) is 19.9 Å². The predicted molar refractivity (Wildman–Crippen MR) is 300 cm³/mol. The Kier molecular flexibility index (Phi) is 10.7. The second-order valence-electron chi connectivity index (χ2n) is 17.9. The molecule has 0 spiro atoms. The number of nitrogens with one attached hydrogen (secondary N) is 2. The van der Waals surface area contributed by atoms with Crippen LogP contribution in [0.4, 0.5) is 0 Å². The molecule has 72 heavy (non-hydrogen) atoms. The van der Waals surface area contributed by atoms with Gasteiger partial charge in [0, 0.05) is 55.4 Å². The van der Waals surface area contributed by atoms with Crippen LogP contribution < -0.4 is 0 Å². The zero-order valence-electron chi connectivity index (χ0n) is 39.0. The molecule has 12 bridgehead atoms. The second-order valence-corrected chi connectivity index (χ2v) is 17.9. The van der Waals surface area contributed by atoms with Gasteiger partial charge in [0.1, 0.15) is 0 Å². The highest BCUT2D eigenvalue weighted by molar-refractivity contribution is 6.00. The first-order valence-electron chi connectivity index (χ1n) is 24.2. The molecular formula is C66H44N6. The largest absolute Gasteiger partial charge is 0.354 e. The van der Waals surface area contributed by atoms with Crippen molar-refractivity contribution in [2.45, 2.75) is 0 Å². The first-order valence-corrected chi connectivity index (χ1v) is 24.2. The quantitative estimate of drug-likeness (QED) is 0.174. The van der Waals surface area contributed by atoms with Gasteiger partial charge in [-0.2, -0.15) is 0 Å². The molecule has 0 aliphatic carbocycles. The number of aromatic amines is 2. The van der Waals surface area contributed by atoms with Gasteiger partial charge in [0.15, 0.2) is 0 Å². The van der Waals surface area contributed by atoms with Crippen molar-refractivity contribution in [2.75, 3.05) is 0 Å². The molecule has 6 heteroatoms. The molecule has 13 rings (SSSR count). The molecule has 3 aromatic heterocycles. The lowest BCUT2D eigenvalue weighted by Gasteiger charge is -2.07. The highest BCUT2D eigenvalue weighted by Gasteiger charge is 2.22. The SMILES string of the molecule is C1=Cc2nc1c(-c1ccccc1)c1nc(c(-c3ccccc3)c3ccc([nH]3)c(-c3ccccc3)c3nc(c(-c4ccccc4)c4ccc([nH]4)c(-c4ccccc4)c4nc(c2-c2ccccc2)C=C4)C=C3)C=C1. The zero-order valence-corrected chi connectivity index (χ0v) is 39.0. The van der Waals surface area contributed by atoms with Gasteiger partial charge in [-0.05, 0) is 106 Å². The Hall–Kier alpha value is -9.78. The minimum Gasteiger partial charge on any atom is -0.354 e. The fourth-order valence-corrected chi connectivity index (χ4v) is 10.2. The Labute approximate surface area is 417 Å². The summed E-state index contributed by atoms with van der Waals surface area (Å²) in [6.45, 7) is 0. The minimum absolute atomic E-state index is 0.823. The van der Waals surface area contributed by atoms with Crippen molar-refractivity contribution in [1.29, 1.82) is 0 Å². The Morgan fingerprint density at radius 1 is 0.181 bits per heavy atom. The Morgan fingerprint density at radius 2 is 0.347 bits per heavy atom. The highest BCUT2D eigenvalue weighted by Crippen LogP contribution is 2.40. The summed E-state index contributed by atoms with van der Waals surface area (Å²) in [5, 5.41) is 0. The molecule has 6 nitrogen and oxygen atoms in total. The van der Waals surface area contributed by atoms with Crippen molar-refractivity contribution in [3.63, 3.8) is 0 Å². The van der Waals surface area contributed by atoms with Crippen molar-refractivity contribution in [3.8, 4) is 66.8 Å². The minimum atomic E-state index is 0.823. The van der Waals surface area contributed by atoms with E-state index in [0.29, 0.717) is 0 Å². The molecule has 0 amide bonds. The third kappa shape index (κ3) is 7.83. The summed E-state index contributed by atoms with van der Waals surface area (Å²) >= 11 is 0. The summed E-state index contributed by atoms with van der Waals surface area (Å²) in [6.07, 6.45) is 17.0.